The highest BCUT2D eigenvalue weighted by Crippen LogP contribution is 2.41. The number of aromatic nitrogens is 2. The van der Waals surface area contributed by atoms with E-state index in [0.717, 1.165) is 95.6 Å². The molecule has 2 aromatic heterocycles. The molecule has 0 spiro atoms. The van der Waals surface area contributed by atoms with Gasteiger partial charge in [-0.1, -0.05) is 92.0 Å². The van der Waals surface area contributed by atoms with Gasteiger partial charge in [-0.25, -0.2) is 0 Å². The van der Waals surface area contributed by atoms with Crippen LogP contribution in [0.4, 0.5) is 28.4 Å². The minimum atomic E-state index is 0.208. The van der Waals surface area contributed by atoms with Crippen LogP contribution in [0.1, 0.15) is 43.3 Å². The number of hydrogen-bond donors (Lipinski definition) is 2. The third kappa shape index (κ3) is 8.01. The maximum atomic E-state index is 10.3. The molecule has 9 aromatic rings. The van der Waals surface area contributed by atoms with Crippen molar-refractivity contribution >= 4 is 74.2 Å². The van der Waals surface area contributed by atoms with E-state index in [2.05, 4.69) is 174 Å². The SMILES string of the molecule is C=Cc1c(/C=C(\C)N(c2ccc(O)cc2)c2ccc(-c3ccc(N(c4ccc(O)cc4)c4ccc5c(c4)c4ccccc4n5/C(C)=C/C=C\C)cc3)cc2)c(C)n(-c2ccccc2)c1C=C. The molecule has 0 saturated carbocycles. The number of benzene rings is 7. The van der Waals surface area contributed by atoms with E-state index in [9.17, 15) is 10.2 Å². The second kappa shape index (κ2) is 18.3. The van der Waals surface area contributed by atoms with Gasteiger partial charge in [-0.3, -0.25) is 0 Å². The average molecular weight is 861 g/mol. The first-order chi connectivity index (χ1) is 32.2. The summed E-state index contributed by atoms with van der Waals surface area (Å²) in [5, 5.41) is 22.9. The van der Waals surface area contributed by atoms with E-state index in [-0.39, 0.29) is 11.5 Å². The zero-order chi connectivity index (χ0) is 45.9. The van der Waals surface area contributed by atoms with Crippen LogP contribution < -0.4 is 9.80 Å². The first-order valence-corrected chi connectivity index (χ1v) is 22.1. The summed E-state index contributed by atoms with van der Waals surface area (Å²) in [7, 11) is 0. The van der Waals surface area contributed by atoms with Crippen molar-refractivity contribution in [1.82, 2.24) is 9.13 Å². The Kier molecular flexibility index (Phi) is 11.9. The van der Waals surface area contributed by atoms with Gasteiger partial charge in [0.2, 0.25) is 0 Å². The Morgan fingerprint density at radius 3 is 1.68 bits per heavy atom. The smallest absolute Gasteiger partial charge is 0.115 e. The van der Waals surface area contributed by atoms with Gasteiger partial charge in [0.05, 0.1) is 16.7 Å². The van der Waals surface area contributed by atoms with Crippen molar-refractivity contribution in [2.75, 3.05) is 9.80 Å². The molecule has 7 aromatic carbocycles. The number of phenolic OH excluding ortho intramolecular Hbond substituents is 2. The number of aromatic hydroxyl groups is 2. The maximum Gasteiger partial charge on any atom is 0.115 e. The standard InChI is InChI=1S/C60H52N4O2/c1-7-10-16-41(4)62-59-20-15-14-19-55(59)57-40-51(33-38-60(57)62)64(50-31-36-53(66)37-32-50)49-27-23-45(24-28-49)44-21-25-47(26-22-44)61(48-29-34-52(65)35-30-48)42(5)39-56-43(6)63(46-17-12-11-13-18-46)58(9-3)54(56)8-2/h7-40,65-66H,2-3H2,1,4-6H3/b10-7-,41-16+,42-39+. The molecule has 0 fully saturated rings. The molecular weight excluding hydrogens is 809 g/mol. The van der Waals surface area contributed by atoms with Crippen molar-refractivity contribution in [3.63, 3.8) is 0 Å². The highest BCUT2D eigenvalue weighted by atomic mass is 16.3. The lowest BCUT2D eigenvalue weighted by Crippen LogP contribution is -2.14. The lowest BCUT2D eigenvalue weighted by molar-refractivity contribution is 0.475. The summed E-state index contributed by atoms with van der Waals surface area (Å²) in [6, 6.07) is 57.4. The predicted molar refractivity (Wildman–Crippen MR) is 281 cm³/mol. The molecule has 66 heavy (non-hydrogen) atoms. The Hall–Kier alpha value is -8.48. The summed E-state index contributed by atoms with van der Waals surface area (Å²) < 4.78 is 4.55. The first kappa shape index (κ1) is 42.8. The molecule has 2 N–H and O–H groups in total. The number of nitrogens with zero attached hydrogens (tertiary/aromatic N) is 4. The zero-order valence-electron chi connectivity index (χ0n) is 37.7. The summed E-state index contributed by atoms with van der Waals surface area (Å²) in [5.74, 6) is 0.425. The van der Waals surface area contributed by atoms with Crippen LogP contribution in [0.5, 0.6) is 11.5 Å². The number of phenols is 2. The van der Waals surface area contributed by atoms with Crippen molar-refractivity contribution in [3.8, 4) is 28.3 Å². The Morgan fingerprint density at radius 1 is 0.561 bits per heavy atom. The largest absolute Gasteiger partial charge is 0.508 e. The summed E-state index contributed by atoms with van der Waals surface area (Å²) in [4.78, 5) is 4.44. The number of rotatable bonds is 13. The number of hydrogen-bond acceptors (Lipinski definition) is 4. The van der Waals surface area contributed by atoms with Gasteiger partial charge in [0.15, 0.2) is 0 Å². The second-order valence-electron chi connectivity index (χ2n) is 16.3. The molecule has 0 amide bonds. The van der Waals surface area contributed by atoms with Crippen LogP contribution in [0.15, 0.2) is 207 Å². The molecule has 9 rings (SSSR count). The van der Waals surface area contributed by atoms with Crippen molar-refractivity contribution in [3.05, 3.63) is 229 Å². The topological polar surface area (TPSA) is 56.8 Å². The van der Waals surface area contributed by atoms with Crippen LogP contribution in [0, 0.1) is 6.92 Å². The van der Waals surface area contributed by atoms with Crippen LogP contribution in [0.25, 0.3) is 62.5 Å². The van der Waals surface area contributed by atoms with E-state index in [1.165, 1.54) is 5.39 Å². The maximum absolute atomic E-state index is 10.3. The Morgan fingerprint density at radius 2 is 1.09 bits per heavy atom. The molecule has 0 aliphatic heterocycles. The molecule has 0 saturated heterocycles. The summed E-state index contributed by atoms with van der Waals surface area (Å²) >= 11 is 0. The van der Waals surface area contributed by atoms with Crippen molar-refractivity contribution < 1.29 is 10.2 Å². The van der Waals surface area contributed by atoms with Gasteiger partial charge in [0, 0.05) is 73.1 Å². The van der Waals surface area contributed by atoms with Gasteiger partial charge in [-0.15, -0.1) is 0 Å². The van der Waals surface area contributed by atoms with E-state index in [1.54, 1.807) is 24.3 Å². The first-order valence-electron chi connectivity index (χ1n) is 22.1. The predicted octanol–water partition coefficient (Wildman–Crippen LogP) is 16.4. The monoisotopic (exact) mass is 860 g/mol. The third-order valence-electron chi connectivity index (χ3n) is 12.2. The number of anilines is 5. The van der Waals surface area contributed by atoms with Gasteiger partial charge >= 0.3 is 0 Å². The fourth-order valence-electron chi connectivity index (χ4n) is 9.14. The minimum Gasteiger partial charge on any atom is -0.508 e. The summed E-state index contributed by atoms with van der Waals surface area (Å²) in [5.41, 5.74) is 16.6. The molecule has 2 heterocycles. The molecule has 324 valence electrons. The summed E-state index contributed by atoms with van der Waals surface area (Å²) in [6.45, 7) is 16.8. The average Bonchev–Trinajstić information content (AvgIpc) is 3.82. The van der Waals surface area contributed by atoms with E-state index >= 15 is 0 Å². The van der Waals surface area contributed by atoms with Gasteiger partial charge < -0.3 is 29.1 Å². The van der Waals surface area contributed by atoms with Crippen LogP contribution in [-0.2, 0) is 0 Å². The lowest BCUT2D eigenvalue weighted by atomic mass is 10.0. The quantitative estimate of drug-likeness (QED) is 0.113. The summed E-state index contributed by atoms with van der Waals surface area (Å²) in [6.07, 6.45) is 12.3. The Labute approximate surface area is 387 Å². The van der Waals surface area contributed by atoms with E-state index in [1.807, 2.05) is 67.6 Å². The van der Waals surface area contributed by atoms with E-state index in [0.29, 0.717) is 0 Å². The third-order valence-corrected chi connectivity index (χ3v) is 12.2. The molecule has 0 aliphatic carbocycles. The van der Waals surface area contributed by atoms with Crippen LogP contribution >= 0.6 is 0 Å². The number of allylic oxidation sites excluding steroid dienone is 5. The molecule has 0 atom stereocenters. The lowest BCUT2D eigenvalue weighted by Gasteiger charge is -2.27. The molecule has 6 heteroatoms. The Balaban J connectivity index is 1.08. The van der Waals surface area contributed by atoms with Gasteiger partial charge in [0.25, 0.3) is 0 Å². The molecule has 0 radical (unpaired) electrons. The Bertz CT molecular complexity index is 3310. The normalized spacial score (nSPS) is 12.0. The molecular formula is C60H52N4O2. The van der Waals surface area contributed by atoms with Crippen molar-refractivity contribution in [2.45, 2.75) is 27.7 Å². The number of para-hydroxylation sites is 2. The minimum absolute atomic E-state index is 0.208. The van der Waals surface area contributed by atoms with Crippen LogP contribution in [0.3, 0.4) is 0 Å². The molecule has 0 unspecified atom stereocenters. The van der Waals surface area contributed by atoms with Gasteiger partial charge in [-0.2, -0.15) is 0 Å². The van der Waals surface area contributed by atoms with Crippen LogP contribution in [0.2, 0.25) is 0 Å². The number of fused-ring (bicyclic) bond motifs is 3. The van der Waals surface area contributed by atoms with E-state index in [4.69, 9.17) is 0 Å². The highest BCUT2D eigenvalue weighted by molar-refractivity contribution is 6.11. The molecule has 0 aliphatic rings. The van der Waals surface area contributed by atoms with Crippen LogP contribution in [-0.4, -0.2) is 19.3 Å². The van der Waals surface area contributed by atoms with Crippen molar-refractivity contribution in [1.29, 1.82) is 0 Å². The zero-order valence-corrected chi connectivity index (χ0v) is 37.7. The highest BCUT2D eigenvalue weighted by Gasteiger charge is 2.21. The molecule has 6 nitrogen and oxygen atoms in total. The van der Waals surface area contributed by atoms with Gasteiger partial charge in [0.1, 0.15) is 11.5 Å². The second-order valence-corrected chi connectivity index (χ2v) is 16.3. The fraction of sp³-hybridized carbons (Fsp3) is 0.0667. The fourth-order valence-corrected chi connectivity index (χ4v) is 9.14. The van der Waals surface area contributed by atoms with Crippen molar-refractivity contribution in [2.24, 2.45) is 0 Å². The molecule has 0 bridgehead atoms. The van der Waals surface area contributed by atoms with Gasteiger partial charge in [-0.05, 0) is 166 Å². The van der Waals surface area contributed by atoms with E-state index < -0.39 is 0 Å².